The average molecular weight is 208 g/mol. The van der Waals surface area contributed by atoms with E-state index in [0.717, 1.165) is 24.5 Å². The van der Waals surface area contributed by atoms with Crippen molar-refractivity contribution >= 4 is 0 Å². The zero-order valence-electron chi connectivity index (χ0n) is 9.79. The van der Waals surface area contributed by atoms with Crippen molar-refractivity contribution in [3.8, 4) is 5.75 Å². The summed E-state index contributed by atoms with van der Waals surface area (Å²) in [7, 11) is 0. The first-order valence-corrected chi connectivity index (χ1v) is 5.44. The van der Waals surface area contributed by atoms with Crippen molar-refractivity contribution in [2.45, 2.75) is 20.8 Å². The molecule has 0 aliphatic carbocycles. The largest absolute Gasteiger partial charge is 0.491 e. The first-order valence-electron chi connectivity index (χ1n) is 5.44. The highest BCUT2D eigenvalue weighted by molar-refractivity contribution is 5.18. The predicted octanol–water partition coefficient (Wildman–Crippen LogP) is 2.01. The minimum Gasteiger partial charge on any atom is -0.491 e. The molecule has 1 heterocycles. The van der Waals surface area contributed by atoms with Gasteiger partial charge >= 0.3 is 0 Å². The molecule has 1 aromatic rings. The zero-order chi connectivity index (χ0) is 11.1. The lowest BCUT2D eigenvalue weighted by Gasteiger charge is -2.08. The van der Waals surface area contributed by atoms with E-state index in [1.165, 1.54) is 0 Å². The van der Waals surface area contributed by atoms with Gasteiger partial charge in [0.1, 0.15) is 12.4 Å². The molecule has 0 fully saturated rings. The zero-order valence-corrected chi connectivity index (χ0v) is 9.79. The highest BCUT2D eigenvalue weighted by Gasteiger charge is 1.95. The van der Waals surface area contributed by atoms with Gasteiger partial charge in [-0.25, -0.2) is 0 Å². The Morgan fingerprint density at radius 3 is 2.80 bits per heavy atom. The van der Waals surface area contributed by atoms with Gasteiger partial charge in [-0.3, -0.25) is 4.98 Å². The van der Waals surface area contributed by atoms with Gasteiger partial charge in [-0.1, -0.05) is 13.8 Å². The summed E-state index contributed by atoms with van der Waals surface area (Å²) in [5.41, 5.74) is 1.01. The van der Waals surface area contributed by atoms with Crippen LogP contribution in [0.5, 0.6) is 5.75 Å². The lowest BCUT2D eigenvalue weighted by atomic mass is 10.2. The van der Waals surface area contributed by atoms with Gasteiger partial charge in [0, 0.05) is 12.2 Å². The van der Waals surface area contributed by atoms with E-state index in [9.17, 15) is 0 Å². The maximum Gasteiger partial charge on any atom is 0.137 e. The molecule has 15 heavy (non-hydrogen) atoms. The Bertz CT molecular complexity index is 269. The smallest absolute Gasteiger partial charge is 0.137 e. The standard InChI is InChI=1S/C12H20N2O/c1-10(2)8-13-6-7-15-12-5-4-11(3)14-9-12/h4-5,9-10,13H,6-8H2,1-3H3. The summed E-state index contributed by atoms with van der Waals surface area (Å²) in [6.07, 6.45) is 1.76. The van der Waals surface area contributed by atoms with Gasteiger partial charge in [0.15, 0.2) is 0 Å². The summed E-state index contributed by atoms with van der Waals surface area (Å²) in [6, 6.07) is 3.90. The molecule has 1 aromatic heterocycles. The molecule has 0 unspecified atom stereocenters. The fourth-order valence-electron chi connectivity index (χ4n) is 1.17. The molecule has 0 saturated heterocycles. The van der Waals surface area contributed by atoms with E-state index in [-0.39, 0.29) is 0 Å². The van der Waals surface area contributed by atoms with Gasteiger partial charge in [-0.15, -0.1) is 0 Å². The molecular weight excluding hydrogens is 188 g/mol. The average Bonchev–Trinajstić information content (AvgIpc) is 2.20. The van der Waals surface area contributed by atoms with Crippen LogP contribution in [0.2, 0.25) is 0 Å². The summed E-state index contributed by atoms with van der Waals surface area (Å²) < 4.78 is 5.52. The molecule has 0 saturated carbocycles. The van der Waals surface area contributed by atoms with Crippen molar-refractivity contribution in [2.75, 3.05) is 19.7 Å². The van der Waals surface area contributed by atoms with Gasteiger partial charge in [-0.05, 0) is 31.5 Å². The fourth-order valence-corrected chi connectivity index (χ4v) is 1.17. The van der Waals surface area contributed by atoms with E-state index in [4.69, 9.17) is 4.74 Å². The van der Waals surface area contributed by atoms with Gasteiger partial charge in [0.2, 0.25) is 0 Å². The topological polar surface area (TPSA) is 34.1 Å². The summed E-state index contributed by atoms with van der Waals surface area (Å²) in [5.74, 6) is 1.53. The van der Waals surface area contributed by atoms with Crippen molar-refractivity contribution in [1.29, 1.82) is 0 Å². The van der Waals surface area contributed by atoms with Gasteiger partial charge in [0.05, 0.1) is 6.20 Å². The van der Waals surface area contributed by atoms with Crippen LogP contribution >= 0.6 is 0 Å². The molecule has 0 amide bonds. The van der Waals surface area contributed by atoms with E-state index in [1.807, 2.05) is 19.1 Å². The molecule has 3 heteroatoms. The first kappa shape index (κ1) is 12.0. The van der Waals surface area contributed by atoms with Crippen molar-refractivity contribution < 1.29 is 4.74 Å². The summed E-state index contributed by atoms with van der Waals surface area (Å²) in [4.78, 5) is 4.16. The summed E-state index contributed by atoms with van der Waals surface area (Å²) >= 11 is 0. The second kappa shape index (κ2) is 6.40. The molecule has 0 bridgehead atoms. The molecule has 1 rings (SSSR count). The molecule has 84 valence electrons. The van der Waals surface area contributed by atoms with Crippen molar-refractivity contribution in [2.24, 2.45) is 5.92 Å². The lowest BCUT2D eigenvalue weighted by molar-refractivity contribution is 0.310. The van der Waals surface area contributed by atoms with Crippen LogP contribution in [0.15, 0.2) is 18.3 Å². The van der Waals surface area contributed by atoms with Gasteiger partial charge < -0.3 is 10.1 Å². The van der Waals surface area contributed by atoms with E-state index in [1.54, 1.807) is 6.20 Å². The van der Waals surface area contributed by atoms with Crippen LogP contribution in [0.25, 0.3) is 0 Å². The third-order valence-electron chi connectivity index (χ3n) is 1.98. The van der Waals surface area contributed by atoms with Crippen molar-refractivity contribution in [3.63, 3.8) is 0 Å². The Labute approximate surface area is 91.9 Å². The van der Waals surface area contributed by atoms with Crippen molar-refractivity contribution in [1.82, 2.24) is 10.3 Å². The maximum absolute atomic E-state index is 5.52. The van der Waals surface area contributed by atoms with Crippen LogP contribution in [0.3, 0.4) is 0 Å². The normalized spacial score (nSPS) is 10.7. The third kappa shape index (κ3) is 5.37. The Kier molecular flexibility index (Phi) is 5.12. The van der Waals surface area contributed by atoms with Crippen LogP contribution in [-0.2, 0) is 0 Å². The van der Waals surface area contributed by atoms with E-state index in [2.05, 4.69) is 24.1 Å². The number of nitrogens with zero attached hydrogens (tertiary/aromatic N) is 1. The maximum atomic E-state index is 5.52. The van der Waals surface area contributed by atoms with E-state index < -0.39 is 0 Å². The van der Waals surface area contributed by atoms with Crippen LogP contribution in [0.1, 0.15) is 19.5 Å². The molecule has 0 atom stereocenters. The fraction of sp³-hybridized carbons (Fsp3) is 0.583. The number of hydrogen-bond acceptors (Lipinski definition) is 3. The number of pyridine rings is 1. The third-order valence-corrected chi connectivity index (χ3v) is 1.98. The second-order valence-corrected chi connectivity index (χ2v) is 4.08. The van der Waals surface area contributed by atoms with Gasteiger partial charge in [0.25, 0.3) is 0 Å². The SMILES string of the molecule is Cc1ccc(OCCNCC(C)C)cn1. The molecule has 3 nitrogen and oxygen atoms in total. The van der Waals surface area contributed by atoms with Crippen LogP contribution in [0, 0.1) is 12.8 Å². The minimum atomic E-state index is 0.686. The van der Waals surface area contributed by atoms with Crippen molar-refractivity contribution in [3.05, 3.63) is 24.0 Å². The number of aromatic nitrogens is 1. The molecule has 0 aliphatic rings. The molecular formula is C12H20N2O. The van der Waals surface area contributed by atoms with Crippen LogP contribution < -0.4 is 10.1 Å². The number of hydrogen-bond donors (Lipinski definition) is 1. The van der Waals surface area contributed by atoms with E-state index in [0.29, 0.717) is 12.5 Å². The first-order chi connectivity index (χ1) is 7.18. The summed E-state index contributed by atoms with van der Waals surface area (Å²) in [5, 5.41) is 3.32. The number of rotatable bonds is 6. The highest BCUT2D eigenvalue weighted by atomic mass is 16.5. The molecule has 0 radical (unpaired) electrons. The van der Waals surface area contributed by atoms with Gasteiger partial charge in [-0.2, -0.15) is 0 Å². The van der Waals surface area contributed by atoms with E-state index >= 15 is 0 Å². The second-order valence-electron chi connectivity index (χ2n) is 4.08. The quantitative estimate of drug-likeness (QED) is 0.726. The monoisotopic (exact) mass is 208 g/mol. The molecule has 1 N–H and O–H groups in total. The number of nitrogens with one attached hydrogen (secondary N) is 1. The Balaban J connectivity index is 2.12. The summed E-state index contributed by atoms with van der Waals surface area (Å²) in [6.45, 7) is 8.96. The van der Waals surface area contributed by atoms with Crippen LogP contribution in [-0.4, -0.2) is 24.7 Å². The molecule has 0 aromatic carbocycles. The Hall–Kier alpha value is -1.09. The lowest BCUT2D eigenvalue weighted by Crippen LogP contribution is -2.24. The molecule has 0 spiro atoms. The Morgan fingerprint density at radius 1 is 1.40 bits per heavy atom. The number of ether oxygens (including phenoxy) is 1. The predicted molar refractivity (Wildman–Crippen MR) is 62.2 cm³/mol. The molecule has 0 aliphatic heterocycles. The number of aryl methyl sites for hydroxylation is 1. The Morgan fingerprint density at radius 2 is 2.20 bits per heavy atom. The highest BCUT2D eigenvalue weighted by Crippen LogP contribution is 2.07. The van der Waals surface area contributed by atoms with Crippen LogP contribution in [0.4, 0.5) is 0 Å². The minimum absolute atomic E-state index is 0.686.